The van der Waals surface area contributed by atoms with Crippen LogP contribution < -0.4 is 9.88 Å². The number of para-hydroxylation sites is 1. The molecule has 3 aromatic carbocycles. The first kappa shape index (κ1) is 22.5. The van der Waals surface area contributed by atoms with Crippen molar-refractivity contribution in [2.45, 2.75) is 13.5 Å². The minimum Gasteiger partial charge on any atom is -0.344 e. The van der Waals surface area contributed by atoms with Crippen molar-refractivity contribution in [1.82, 2.24) is 4.57 Å². The summed E-state index contributed by atoms with van der Waals surface area (Å²) >= 11 is 1.44. The van der Waals surface area contributed by atoms with Crippen LogP contribution in [-0.2, 0) is 6.54 Å². The topological polar surface area (TPSA) is 55.0 Å². The maximum absolute atomic E-state index is 12.8. The lowest BCUT2D eigenvalue weighted by Gasteiger charge is -2.07. The lowest BCUT2D eigenvalue weighted by atomic mass is 10.0. The van der Waals surface area contributed by atoms with Crippen molar-refractivity contribution >= 4 is 33.6 Å². The number of carbonyl (C=O) groups is 2. The van der Waals surface area contributed by atoms with Gasteiger partial charge in [0.05, 0.1) is 10.4 Å². The monoisotopic (exact) mass is 478 g/mol. The molecular weight excluding hydrogens is 454 g/mol. The van der Waals surface area contributed by atoms with E-state index in [0.29, 0.717) is 10.4 Å². The highest BCUT2D eigenvalue weighted by atomic mass is 32.1. The van der Waals surface area contributed by atoms with Gasteiger partial charge in [-0.15, -0.1) is 11.3 Å². The van der Waals surface area contributed by atoms with Gasteiger partial charge >= 0.3 is 0 Å². The van der Waals surface area contributed by atoms with Crippen molar-refractivity contribution in [3.8, 4) is 16.8 Å². The van der Waals surface area contributed by atoms with Gasteiger partial charge in [0.25, 0.3) is 0 Å². The molecule has 0 radical (unpaired) electrons. The third-order valence-corrected chi connectivity index (χ3v) is 6.86. The van der Waals surface area contributed by atoms with E-state index < -0.39 is 0 Å². The SMILES string of the molecule is CC(=O)c1sc(Nc2ccccc2)c(-n2cc[n+](CC(=O)c3ccccc3)c2)c1-c1ccccc1. The summed E-state index contributed by atoms with van der Waals surface area (Å²) in [6.45, 7) is 1.82. The number of thiophene rings is 1. The van der Waals surface area contributed by atoms with E-state index in [4.69, 9.17) is 0 Å². The number of carbonyl (C=O) groups excluding carboxylic acids is 2. The summed E-state index contributed by atoms with van der Waals surface area (Å²) in [6, 6.07) is 29.1. The van der Waals surface area contributed by atoms with E-state index in [1.165, 1.54) is 11.3 Å². The number of anilines is 2. The predicted molar refractivity (Wildman–Crippen MR) is 140 cm³/mol. The molecule has 5 nitrogen and oxygen atoms in total. The summed E-state index contributed by atoms with van der Waals surface area (Å²) in [5.41, 5.74) is 4.33. The van der Waals surface area contributed by atoms with Crippen LogP contribution in [0.15, 0.2) is 110 Å². The first-order valence-corrected chi connectivity index (χ1v) is 12.1. The standard InChI is InChI=1S/C29H23N3O2S/c1-21(33)28-26(23-13-7-3-8-14-23)27(29(35-28)30-24-15-9-4-10-16-24)32-18-17-31(20-32)19-25(34)22-11-5-2-6-12-22/h2-18,20H,19H2,1H3/p+1. The van der Waals surface area contributed by atoms with E-state index in [1.807, 2.05) is 119 Å². The number of imidazole rings is 1. The maximum atomic E-state index is 12.8. The van der Waals surface area contributed by atoms with Crippen LogP contribution in [0.5, 0.6) is 0 Å². The van der Waals surface area contributed by atoms with Crippen molar-refractivity contribution in [3.05, 3.63) is 120 Å². The molecule has 0 unspecified atom stereocenters. The summed E-state index contributed by atoms with van der Waals surface area (Å²) in [6.07, 6.45) is 5.70. The molecule has 0 saturated heterocycles. The van der Waals surface area contributed by atoms with Crippen LogP contribution in [0.2, 0.25) is 0 Å². The molecule has 0 aliphatic heterocycles. The molecule has 5 rings (SSSR count). The molecule has 0 amide bonds. The third-order valence-electron chi connectivity index (χ3n) is 5.67. The molecule has 0 fully saturated rings. The van der Waals surface area contributed by atoms with Crippen molar-refractivity contribution in [1.29, 1.82) is 0 Å². The number of ketones is 2. The van der Waals surface area contributed by atoms with Crippen LogP contribution >= 0.6 is 11.3 Å². The molecule has 6 heteroatoms. The van der Waals surface area contributed by atoms with E-state index in [2.05, 4.69) is 5.32 Å². The van der Waals surface area contributed by atoms with Crippen molar-refractivity contribution in [2.24, 2.45) is 0 Å². The predicted octanol–water partition coefficient (Wildman–Crippen LogP) is 6.32. The first-order valence-electron chi connectivity index (χ1n) is 11.3. The molecule has 0 aliphatic carbocycles. The summed E-state index contributed by atoms with van der Waals surface area (Å²) in [5.74, 6) is 0.0458. The van der Waals surface area contributed by atoms with Crippen LogP contribution in [0.4, 0.5) is 10.7 Å². The second-order valence-corrected chi connectivity index (χ2v) is 9.20. The molecule has 0 bridgehead atoms. The van der Waals surface area contributed by atoms with E-state index in [9.17, 15) is 9.59 Å². The van der Waals surface area contributed by atoms with Gasteiger partial charge in [0.2, 0.25) is 12.1 Å². The van der Waals surface area contributed by atoms with E-state index in [1.54, 1.807) is 6.92 Å². The summed E-state index contributed by atoms with van der Waals surface area (Å²) in [5, 5.41) is 4.36. The van der Waals surface area contributed by atoms with Crippen molar-refractivity contribution in [3.63, 3.8) is 0 Å². The average Bonchev–Trinajstić information content (AvgIpc) is 3.50. The maximum Gasteiger partial charge on any atom is 0.249 e. The number of Topliss-reactive ketones (excluding diaryl/α,β-unsaturated/α-hetero) is 2. The highest BCUT2D eigenvalue weighted by Crippen LogP contribution is 2.44. The Morgan fingerprint density at radius 3 is 2.17 bits per heavy atom. The minimum absolute atomic E-state index is 0.00972. The molecule has 0 saturated carbocycles. The zero-order valence-electron chi connectivity index (χ0n) is 19.2. The molecule has 0 spiro atoms. The zero-order chi connectivity index (χ0) is 24.2. The van der Waals surface area contributed by atoms with Gasteiger partial charge in [0, 0.05) is 11.3 Å². The molecular formula is C29H24N3O2S+. The summed E-state index contributed by atoms with van der Waals surface area (Å²) in [7, 11) is 0. The number of hydrogen-bond donors (Lipinski definition) is 1. The van der Waals surface area contributed by atoms with Crippen LogP contribution in [0.1, 0.15) is 27.0 Å². The number of rotatable bonds is 8. The average molecular weight is 479 g/mol. The van der Waals surface area contributed by atoms with Gasteiger partial charge in [-0.25, -0.2) is 4.57 Å². The third kappa shape index (κ3) is 4.83. The Labute approximate surface area is 207 Å². The molecule has 2 heterocycles. The Bertz CT molecular complexity index is 1470. The van der Waals surface area contributed by atoms with Crippen LogP contribution in [-0.4, -0.2) is 16.1 Å². The minimum atomic E-state index is 0.00972. The van der Waals surface area contributed by atoms with Gasteiger partial charge in [0.1, 0.15) is 17.4 Å². The Morgan fingerprint density at radius 2 is 1.51 bits per heavy atom. The second kappa shape index (κ2) is 9.91. The normalized spacial score (nSPS) is 10.8. The largest absolute Gasteiger partial charge is 0.344 e. The van der Waals surface area contributed by atoms with Crippen LogP contribution in [0.25, 0.3) is 16.8 Å². The van der Waals surface area contributed by atoms with Gasteiger partial charge in [-0.3, -0.25) is 9.59 Å². The number of benzene rings is 3. The van der Waals surface area contributed by atoms with E-state index >= 15 is 0 Å². The molecule has 0 atom stereocenters. The van der Waals surface area contributed by atoms with E-state index in [-0.39, 0.29) is 18.1 Å². The van der Waals surface area contributed by atoms with Crippen molar-refractivity contribution in [2.75, 3.05) is 5.32 Å². The fourth-order valence-corrected chi connectivity index (χ4v) is 5.17. The Kier molecular flexibility index (Phi) is 6.37. The Balaban J connectivity index is 1.60. The van der Waals surface area contributed by atoms with Gasteiger partial charge < -0.3 is 5.32 Å². The number of aromatic nitrogens is 2. The smallest absolute Gasteiger partial charge is 0.249 e. The first-order chi connectivity index (χ1) is 17.1. The fourth-order valence-electron chi connectivity index (χ4n) is 4.03. The van der Waals surface area contributed by atoms with Crippen LogP contribution in [0, 0.1) is 0 Å². The van der Waals surface area contributed by atoms with Crippen molar-refractivity contribution < 1.29 is 14.2 Å². The number of hydrogen-bond acceptors (Lipinski definition) is 4. The summed E-state index contributed by atoms with van der Waals surface area (Å²) in [4.78, 5) is 26.2. The van der Waals surface area contributed by atoms with Gasteiger partial charge in [0.15, 0.2) is 18.0 Å². The number of nitrogens with one attached hydrogen (secondary N) is 1. The Hall–Kier alpha value is -4.29. The fraction of sp³-hybridized carbons (Fsp3) is 0.0690. The summed E-state index contributed by atoms with van der Waals surface area (Å²) < 4.78 is 3.84. The van der Waals surface area contributed by atoms with Crippen LogP contribution in [0.3, 0.4) is 0 Å². The molecule has 0 aliphatic rings. The molecule has 172 valence electrons. The molecule has 1 N–H and O–H groups in total. The van der Waals surface area contributed by atoms with Gasteiger partial charge in [-0.05, 0) is 24.6 Å². The lowest BCUT2D eigenvalue weighted by Crippen LogP contribution is -2.35. The Morgan fingerprint density at radius 1 is 0.886 bits per heavy atom. The van der Waals surface area contributed by atoms with E-state index in [0.717, 1.165) is 27.5 Å². The lowest BCUT2D eigenvalue weighted by molar-refractivity contribution is -0.682. The molecule has 5 aromatic rings. The second-order valence-electron chi connectivity index (χ2n) is 8.18. The highest BCUT2D eigenvalue weighted by Gasteiger charge is 2.27. The van der Waals surface area contributed by atoms with Gasteiger partial charge in [-0.2, -0.15) is 4.57 Å². The zero-order valence-corrected chi connectivity index (χ0v) is 20.0. The van der Waals surface area contributed by atoms with Gasteiger partial charge in [-0.1, -0.05) is 78.9 Å². The number of nitrogens with zero attached hydrogens (tertiary/aromatic N) is 2. The molecule has 2 aromatic heterocycles. The quantitative estimate of drug-likeness (QED) is 0.210. The highest BCUT2D eigenvalue weighted by molar-refractivity contribution is 7.19. The molecule has 35 heavy (non-hydrogen) atoms.